The molecule has 2 aromatic rings. The molecule has 0 unspecified atom stereocenters. The van der Waals surface area contributed by atoms with Crippen molar-refractivity contribution in [2.24, 2.45) is 0 Å². The minimum atomic E-state index is -4.64. The van der Waals surface area contributed by atoms with E-state index < -0.39 is 22.7 Å². The Hall–Kier alpha value is -2.48. The van der Waals surface area contributed by atoms with Crippen molar-refractivity contribution in [1.29, 1.82) is 0 Å². The first-order chi connectivity index (χ1) is 12.7. The molecule has 1 N–H and O–H groups in total. The van der Waals surface area contributed by atoms with Gasteiger partial charge in [-0.2, -0.15) is 13.2 Å². The van der Waals surface area contributed by atoms with Gasteiger partial charge in [-0.25, -0.2) is 0 Å². The summed E-state index contributed by atoms with van der Waals surface area (Å²) in [5.74, 6) is -0.379. The van der Waals surface area contributed by atoms with Crippen molar-refractivity contribution >= 4 is 29.1 Å². The predicted octanol–water partition coefficient (Wildman–Crippen LogP) is 4.72. The Labute approximate surface area is 159 Å². The number of nitrogens with zero attached hydrogens (tertiary/aromatic N) is 1. The smallest absolute Gasteiger partial charge is 0.417 e. The van der Waals surface area contributed by atoms with E-state index in [9.17, 15) is 22.8 Å². The van der Waals surface area contributed by atoms with Crippen molar-refractivity contribution in [2.45, 2.75) is 32.5 Å². The van der Waals surface area contributed by atoms with Gasteiger partial charge in [0.25, 0.3) is 0 Å². The topological polar surface area (TPSA) is 62.6 Å². The number of alkyl halides is 3. The lowest BCUT2D eigenvalue weighted by molar-refractivity contribution is -0.137. The molecule has 0 saturated carbocycles. The molecule has 2 rings (SSSR count). The van der Waals surface area contributed by atoms with Gasteiger partial charge in [-0.3, -0.25) is 9.59 Å². The first-order valence-electron chi connectivity index (χ1n) is 8.17. The van der Waals surface area contributed by atoms with Gasteiger partial charge in [-0.05, 0) is 36.8 Å². The SMILES string of the molecule is CCCC(=O)N(CC(=O)Nc1ccc(Cl)c(C(F)(F)F)c1)Cc1ccco1. The third-order valence-electron chi connectivity index (χ3n) is 3.63. The second-order valence-corrected chi connectivity index (χ2v) is 6.23. The van der Waals surface area contributed by atoms with Crippen molar-refractivity contribution in [3.63, 3.8) is 0 Å². The van der Waals surface area contributed by atoms with Crippen LogP contribution >= 0.6 is 11.6 Å². The molecule has 5 nitrogen and oxygen atoms in total. The molecule has 1 aromatic heterocycles. The summed E-state index contributed by atoms with van der Waals surface area (Å²) in [5, 5.41) is 1.91. The molecule has 0 aliphatic carbocycles. The molecule has 0 radical (unpaired) electrons. The van der Waals surface area contributed by atoms with Crippen LogP contribution in [0.2, 0.25) is 5.02 Å². The van der Waals surface area contributed by atoms with Gasteiger partial charge in [-0.15, -0.1) is 0 Å². The fourth-order valence-electron chi connectivity index (χ4n) is 2.39. The van der Waals surface area contributed by atoms with Crippen LogP contribution in [0.3, 0.4) is 0 Å². The highest BCUT2D eigenvalue weighted by atomic mass is 35.5. The molecule has 0 saturated heterocycles. The fourth-order valence-corrected chi connectivity index (χ4v) is 2.61. The number of anilines is 1. The quantitative estimate of drug-likeness (QED) is 0.729. The Bertz CT molecular complexity index is 792. The van der Waals surface area contributed by atoms with Crippen LogP contribution in [0.15, 0.2) is 41.0 Å². The summed E-state index contributed by atoms with van der Waals surface area (Å²) in [7, 11) is 0. The summed E-state index contributed by atoms with van der Waals surface area (Å²) < 4.78 is 43.9. The average molecular weight is 403 g/mol. The van der Waals surface area contributed by atoms with E-state index in [0.29, 0.717) is 12.2 Å². The van der Waals surface area contributed by atoms with Crippen LogP contribution in [0.25, 0.3) is 0 Å². The monoisotopic (exact) mass is 402 g/mol. The lowest BCUT2D eigenvalue weighted by Crippen LogP contribution is -2.37. The van der Waals surface area contributed by atoms with Crippen LogP contribution in [-0.2, 0) is 22.3 Å². The van der Waals surface area contributed by atoms with E-state index in [-0.39, 0.29) is 31.1 Å². The Morgan fingerprint density at radius 1 is 1.26 bits per heavy atom. The van der Waals surface area contributed by atoms with E-state index in [1.165, 1.54) is 17.2 Å². The second kappa shape index (κ2) is 8.94. The Kier molecular flexibility index (Phi) is 6.90. The van der Waals surface area contributed by atoms with E-state index in [1.54, 1.807) is 12.1 Å². The molecule has 1 aromatic carbocycles. The summed E-state index contributed by atoms with van der Waals surface area (Å²) in [6.07, 6.45) is -2.35. The largest absolute Gasteiger partial charge is 0.467 e. The number of carbonyl (C=O) groups is 2. The third-order valence-corrected chi connectivity index (χ3v) is 3.96. The lowest BCUT2D eigenvalue weighted by Gasteiger charge is -2.21. The van der Waals surface area contributed by atoms with Gasteiger partial charge in [-0.1, -0.05) is 18.5 Å². The normalized spacial score (nSPS) is 11.3. The van der Waals surface area contributed by atoms with Gasteiger partial charge < -0.3 is 14.6 Å². The molecule has 0 aliphatic rings. The summed E-state index contributed by atoms with van der Waals surface area (Å²) in [5.41, 5.74) is -1.10. The van der Waals surface area contributed by atoms with Crippen molar-refractivity contribution < 1.29 is 27.2 Å². The van der Waals surface area contributed by atoms with Crippen LogP contribution in [0.5, 0.6) is 0 Å². The molecular formula is C18H18ClF3N2O3. The maximum absolute atomic E-state index is 12.9. The molecule has 0 fully saturated rings. The maximum Gasteiger partial charge on any atom is 0.417 e. The molecule has 0 bridgehead atoms. The number of amides is 2. The zero-order valence-electron chi connectivity index (χ0n) is 14.5. The van der Waals surface area contributed by atoms with Gasteiger partial charge in [0.15, 0.2) is 0 Å². The number of hydrogen-bond donors (Lipinski definition) is 1. The number of furan rings is 1. The summed E-state index contributed by atoms with van der Waals surface area (Å²) >= 11 is 5.56. The molecule has 1 heterocycles. The molecule has 146 valence electrons. The molecule has 27 heavy (non-hydrogen) atoms. The number of benzene rings is 1. The Morgan fingerprint density at radius 3 is 2.59 bits per heavy atom. The Balaban J connectivity index is 2.10. The maximum atomic E-state index is 12.9. The minimum absolute atomic E-state index is 0.0578. The van der Waals surface area contributed by atoms with Crippen LogP contribution in [-0.4, -0.2) is 23.3 Å². The summed E-state index contributed by atoms with van der Waals surface area (Å²) in [4.78, 5) is 25.8. The first kappa shape index (κ1) is 20.8. The van der Waals surface area contributed by atoms with Crippen LogP contribution in [0, 0.1) is 0 Å². The van der Waals surface area contributed by atoms with E-state index in [2.05, 4.69) is 5.32 Å². The number of nitrogens with one attached hydrogen (secondary N) is 1. The van der Waals surface area contributed by atoms with Crippen LogP contribution in [0.4, 0.5) is 18.9 Å². The zero-order chi connectivity index (χ0) is 20.0. The molecule has 0 atom stereocenters. The van der Waals surface area contributed by atoms with E-state index >= 15 is 0 Å². The molecule has 0 aliphatic heterocycles. The van der Waals surface area contributed by atoms with Gasteiger partial charge in [0.1, 0.15) is 12.3 Å². The third kappa shape index (κ3) is 6.02. The minimum Gasteiger partial charge on any atom is -0.467 e. The van der Waals surface area contributed by atoms with E-state index in [1.807, 2.05) is 6.92 Å². The highest BCUT2D eigenvalue weighted by molar-refractivity contribution is 6.31. The Morgan fingerprint density at radius 2 is 2.00 bits per heavy atom. The van der Waals surface area contributed by atoms with E-state index in [0.717, 1.165) is 12.1 Å². The standard InChI is InChI=1S/C18H18ClF3N2O3/c1-2-4-17(26)24(10-13-5-3-8-27-13)11-16(25)23-12-6-7-15(19)14(9-12)18(20,21)22/h3,5-9H,2,4,10-11H2,1H3,(H,23,25). The van der Waals surface area contributed by atoms with Gasteiger partial charge in [0, 0.05) is 12.1 Å². The summed E-state index contributed by atoms with van der Waals surface area (Å²) in [6.45, 7) is 1.60. The number of hydrogen-bond acceptors (Lipinski definition) is 3. The van der Waals surface area contributed by atoms with Gasteiger partial charge in [0.05, 0.1) is 23.4 Å². The average Bonchev–Trinajstić information content (AvgIpc) is 3.08. The lowest BCUT2D eigenvalue weighted by atomic mass is 10.2. The molecular weight excluding hydrogens is 385 g/mol. The van der Waals surface area contributed by atoms with E-state index in [4.69, 9.17) is 16.0 Å². The van der Waals surface area contributed by atoms with Crippen molar-refractivity contribution in [3.8, 4) is 0 Å². The van der Waals surface area contributed by atoms with Crippen LogP contribution < -0.4 is 5.32 Å². The number of rotatable bonds is 7. The van der Waals surface area contributed by atoms with Crippen molar-refractivity contribution in [2.75, 3.05) is 11.9 Å². The summed E-state index contributed by atoms with van der Waals surface area (Å²) in [6, 6.07) is 6.40. The van der Waals surface area contributed by atoms with Gasteiger partial charge >= 0.3 is 6.18 Å². The van der Waals surface area contributed by atoms with Crippen molar-refractivity contribution in [3.05, 3.63) is 52.9 Å². The molecule has 9 heteroatoms. The molecule has 0 spiro atoms. The van der Waals surface area contributed by atoms with Gasteiger partial charge in [0.2, 0.25) is 11.8 Å². The zero-order valence-corrected chi connectivity index (χ0v) is 15.2. The predicted molar refractivity (Wildman–Crippen MR) is 94.1 cm³/mol. The highest BCUT2D eigenvalue weighted by Gasteiger charge is 2.33. The highest BCUT2D eigenvalue weighted by Crippen LogP contribution is 2.36. The van der Waals surface area contributed by atoms with Crippen molar-refractivity contribution in [1.82, 2.24) is 4.90 Å². The number of carbonyl (C=O) groups excluding carboxylic acids is 2. The van der Waals surface area contributed by atoms with Crippen LogP contribution in [0.1, 0.15) is 31.1 Å². The second-order valence-electron chi connectivity index (χ2n) is 5.82. The first-order valence-corrected chi connectivity index (χ1v) is 8.55. The number of halogens is 4. The fraction of sp³-hybridized carbons (Fsp3) is 0.333. The molecule has 2 amide bonds.